The van der Waals surface area contributed by atoms with Gasteiger partial charge in [0, 0.05) is 0 Å². The molecule has 0 aromatic heterocycles. The van der Waals surface area contributed by atoms with Gasteiger partial charge in [-0.15, -0.1) is 0 Å². The Kier molecular flexibility index (Phi) is 10.5. The molecule has 0 bridgehead atoms. The molecule has 0 saturated heterocycles. The molecule has 0 amide bonds. The predicted octanol–water partition coefficient (Wildman–Crippen LogP) is 6.61. The zero-order valence-electron chi connectivity index (χ0n) is 13.8. The van der Waals surface area contributed by atoms with Crippen molar-refractivity contribution in [1.29, 1.82) is 0 Å². The molecule has 0 fully saturated rings. The zero-order valence-corrected chi connectivity index (χ0v) is 13.8. The Balaban J connectivity index is 3.55. The van der Waals surface area contributed by atoms with Crippen molar-refractivity contribution in [1.82, 2.24) is 0 Å². The minimum atomic E-state index is 0.801. The molecule has 18 heavy (non-hydrogen) atoms. The van der Waals surface area contributed by atoms with Crippen molar-refractivity contribution in [2.24, 2.45) is 17.8 Å². The molecule has 108 valence electrons. The van der Waals surface area contributed by atoms with Gasteiger partial charge in [-0.05, 0) is 43.9 Å². The molecule has 1 unspecified atom stereocenters. The van der Waals surface area contributed by atoms with Crippen molar-refractivity contribution >= 4 is 0 Å². The van der Waals surface area contributed by atoms with Crippen LogP contribution >= 0.6 is 0 Å². The number of hydrogen-bond acceptors (Lipinski definition) is 0. The lowest BCUT2D eigenvalue weighted by Gasteiger charge is -2.12. The van der Waals surface area contributed by atoms with Crippen LogP contribution in [0.15, 0.2) is 11.6 Å². The summed E-state index contributed by atoms with van der Waals surface area (Å²) in [5.74, 6) is 2.59. The lowest BCUT2D eigenvalue weighted by atomic mass is 9.94. The largest absolute Gasteiger partial charge is 0.0854 e. The summed E-state index contributed by atoms with van der Waals surface area (Å²) in [5.41, 5.74) is 1.60. The first-order valence-electron chi connectivity index (χ1n) is 8.07. The smallest absolute Gasteiger partial charge is 0.0323 e. The van der Waals surface area contributed by atoms with E-state index in [0.717, 1.165) is 17.8 Å². The maximum absolute atomic E-state index is 2.44. The summed E-state index contributed by atoms with van der Waals surface area (Å²) in [4.78, 5) is 0. The topological polar surface area (TPSA) is 0 Å². The fourth-order valence-corrected chi connectivity index (χ4v) is 2.29. The fraction of sp³-hybridized carbons (Fsp3) is 0.889. The number of hydrogen-bond donors (Lipinski definition) is 0. The van der Waals surface area contributed by atoms with Gasteiger partial charge in [-0.1, -0.05) is 72.0 Å². The monoisotopic (exact) mass is 252 g/mol. The van der Waals surface area contributed by atoms with Crippen molar-refractivity contribution in [3.8, 4) is 0 Å². The van der Waals surface area contributed by atoms with Crippen molar-refractivity contribution in [3.05, 3.63) is 11.6 Å². The molecule has 0 aromatic carbocycles. The Labute approximate surface area is 116 Å². The first kappa shape index (κ1) is 17.7. The molecular weight excluding hydrogens is 216 g/mol. The van der Waals surface area contributed by atoms with Crippen LogP contribution < -0.4 is 0 Å². The van der Waals surface area contributed by atoms with E-state index in [9.17, 15) is 0 Å². The predicted molar refractivity (Wildman–Crippen MR) is 84.9 cm³/mol. The SMILES string of the molecule is CC(=CCC(C)C)CCCC(C)CCCC(C)C. The average molecular weight is 252 g/mol. The van der Waals surface area contributed by atoms with Crippen molar-refractivity contribution in [3.63, 3.8) is 0 Å². The Hall–Kier alpha value is -0.260. The van der Waals surface area contributed by atoms with Crippen LogP contribution in [0.5, 0.6) is 0 Å². The Morgan fingerprint density at radius 3 is 2.00 bits per heavy atom. The van der Waals surface area contributed by atoms with Crippen LogP contribution in [0.25, 0.3) is 0 Å². The van der Waals surface area contributed by atoms with E-state index in [4.69, 9.17) is 0 Å². The van der Waals surface area contributed by atoms with Crippen molar-refractivity contribution < 1.29 is 0 Å². The van der Waals surface area contributed by atoms with Gasteiger partial charge in [-0.3, -0.25) is 0 Å². The van der Waals surface area contributed by atoms with E-state index < -0.39 is 0 Å². The molecule has 0 radical (unpaired) electrons. The van der Waals surface area contributed by atoms with Gasteiger partial charge >= 0.3 is 0 Å². The highest BCUT2D eigenvalue weighted by Gasteiger charge is 2.03. The third-order valence-electron chi connectivity index (χ3n) is 3.68. The molecule has 0 heterocycles. The quantitative estimate of drug-likeness (QED) is 0.384. The third kappa shape index (κ3) is 12.2. The first-order chi connectivity index (χ1) is 8.41. The van der Waals surface area contributed by atoms with Crippen LogP contribution in [0.2, 0.25) is 0 Å². The van der Waals surface area contributed by atoms with E-state index >= 15 is 0 Å². The van der Waals surface area contributed by atoms with Crippen LogP contribution in [0.3, 0.4) is 0 Å². The van der Waals surface area contributed by atoms with Crippen LogP contribution in [0.4, 0.5) is 0 Å². The molecule has 0 aliphatic heterocycles. The summed E-state index contributed by atoms with van der Waals surface area (Å²) < 4.78 is 0. The highest BCUT2D eigenvalue weighted by atomic mass is 14.1. The molecule has 0 nitrogen and oxygen atoms in total. The fourth-order valence-electron chi connectivity index (χ4n) is 2.29. The minimum Gasteiger partial charge on any atom is -0.0854 e. The Morgan fingerprint density at radius 1 is 0.833 bits per heavy atom. The van der Waals surface area contributed by atoms with Gasteiger partial charge in [-0.2, -0.15) is 0 Å². The third-order valence-corrected chi connectivity index (χ3v) is 3.68. The highest BCUT2D eigenvalue weighted by molar-refractivity contribution is 4.97. The van der Waals surface area contributed by atoms with E-state index in [0.29, 0.717) is 0 Å². The molecule has 0 aromatic rings. The van der Waals surface area contributed by atoms with E-state index in [1.54, 1.807) is 5.57 Å². The second-order valence-corrected chi connectivity index (χ2v) is 7.00. The second-order valence-electron chi connectivity index (χ2n) is 7.00. The average Bonchev–Trinajstić information content (AvgIpc) is 2.25. The zero-order chi connectivity index (χ0) is 14.0. The Bertz CT molecular complexity index is 210. The molecular formula is C18H36. The highest BCUT2D eigenvalue weighted by Crippen LogP contribution is 2.19. The Morgan fingerprint density at radius 2 is 1.44 bits per heavy atom. The lowest BCUT2D eigenvalue weighted by Crippen LogP contribution is -1.97. The maximum Gasteiger partial charge on any atom is -0.0323 e. The molecule has 0 saturated carbocycles. The number of rotatable bonds is 10. The molecule has 0 spiro atoms. The van der Waals surface area contributed by atoms with E-state index in [-0.39, 0.29) is 0 Å². The van der Waals surface area contributed by atoms with E-state index in [1.807, 2.05) is 0 Å². The number of allylic oxidation sites excluding steroid dienone is 2. The maximum atomic E-state index is 2.44. The second kappa shape index (κ2) is 10.6. The van der Waals surface area contributed by atoms with Crippen LogP contribution in [0.1, 0.15) is 86.5 Å². The summed E-state index contributed by atoms with van der Waals surface area (Å²) in [5, 5.41) is 0. The summed E-state index contributed by atoms with van der Waals surface area (Å²) in [7, 11) is 0. The van der Waals surface area contributed by atoms with Crippen LogP contribution in [-0.2, 0) is 0 Å². The van der Waals surface area contributed by atoms with Gasteiger partial charge in [0.25, 0.3) is 0 Å². The van der Waals surface area contributed by atoms with Crippen LogP contribution in [0, 0.1) is 17.8 Å². The molecule has 0 N–H and O–H groups in total. The molecule has 0 aliphatic carbocycles. The standard InChI is InChI=1S/C18H36/c1-15(2)9-7-10-17(5)11-8-12-18(6)14-13-16(3)4/h14-17H,7-13H2,1-6H3. The van der Waals surface area contributed by atoms with E-state index in [1.165, 1.54) is 44.9 Å². The summed E-state index contributed by atoms with van der Waals surface area (Å²) in [6.07, 6.45) is 12.0. The van der Waals surface area contributed by atoms with Gasteiger partial charge in [0.1, 0.15) is 0 Å². The van der Waals surface area contributed by atoms with Gasteiger partial charge in [0.2, 0.25) is 0 Å². The summed E-state index contributed by atoms with van der Waals surface area (Å²) in [6.45, 7) is 14.0. The molecule has 0 heteroatoms. The van der Waals surface area contributed by atoms with Crippen molar-refractivity contribution in [2.45, 2.75) is 86.5 Å². The summed E-state index contributed by atoms with van der Waals surface area (Å²) in [6, 6.07) is 0. The van der Waals surface area contributed by atoms with Gasteiger partial charge in [0.05, 0.1) is 0 Å². The minimum absolute atomic E-state index is 0.801. The molecule has 1 atom stereocenters. The lowest BCUT2D eigenvalue weighted by molar-refractivity contribution is 0.427. The van der Waals surface area contributed by atoms with Crippen LogP contribution in [-0.4, -0.2) is 0 Å². The van der Waals surface area contributed by atoms with Gasteiger partial charge in [-0.25, -0.2) is 0 Å². The van der Waals surface area contributed by atoms with Crippen molar-refractivity contribution in [2.75, 3.05) is 0 Å². The van der Waals surface area contributed by atoms with Gasteiger partial charge in [0.15, 0.2) is 0 Å². The van der Waals surface area contributed by atoms with Gasteiger partial charge < -0.3 is 0 Å². The molecule has 0 rings (SSSR count). The molecule has 0 aliphatic rings. The van der Waals surface area contributed by atoms with E-state index in [2.05, 4.69) is 47.6 Å². The normalized spacial score (nSPS) is 14.6. The first-order valence-corrected chi connectivity index (χ1v) is 8.07. The summed E-state index contributed by atoms with van der Waals surface area (Å²) >= 11 is 0.